The molecule has 1 atom stereocenters. The SMILES string of the molecule is COC(=O)/C=C1\C[C@@H](c2cccc([N+](=O)[O-])c2)c2c(oc3ccccc23)O1. The summed E-state index contributed by atoms with van der Waals surface area (Å²) in [5.41, 5.74) is 2.22. The van der Waals surface area contributed by atoms with E-state index in [0.717, 1.165) is 16.5 Å². The fraction of sp³-hybridized carbons (Fsp3) is 0.150. The number of hydrogen-bond acceptors (Lipinski definition) is 6. The van der Waals surface area contributed by atoms with Crippen molar-refractivity contribution >= 4 is 22.6 Å². The first-order chi connectivity index (χ1) is 13.1. The van der Waals surface area contributed by atoms with Gasteiger partial charge in [0.25, 0.3) is 11.6 Å². The van der Waals surface area contributed by atoms with Gasteiger partial charge >= 0.3 is 5.97 Å². The first kappa shape index (κ1) is 16.8. The van der Waals surface area contributed by atoms with Crippen LogP contribution in [0.3, 0.4) is 0 Å². The maximum absolute atomic E-state index is 11.7. The average Bonchev–Trinajstić information content (AvgIpc) is 3.05. The van der Waals surface area contributed by atoms with Gasteiger partial charge in [-0.15, -0.1) is 0 Å². The van der Waals surface area contributed by atoms with Crippen molar-refractivity contribution in [2.45, 2.75) is 12.3 Å². The van der Waals surface area contributed by atoms with Crippen LogP contribution >= 0.6 is 0 Å². The van der Waals surface area contributed by atoms with Crippen molar-refractivity contribution in [3.05, 3.63) is 81.6 Å². The van der Waals surface area contributed by atoms with E-state index in [1.165, 1.54) is 25.3 Å². The molecule has 3 aromatic rings. The van der Waals surface area contributed by atoms with Crippen LogP contribution in [0.15, 0.2) is 64.8 Å². The van der Waals surface area contributed by atoms with Crippen LogP contribution in [0.2, 0.25) is 0 Å². The van der Waals surface area contributed by atoms with Gasteiger partial charge < -0.3 is 13.9 Å². The Hall–Kier alpha value is -3.61. The van der Waals surface area contributed by atoms with Crippen molar-refractivity contribution in [3.8, 4) is 5.95 Å². The third kappa shape index (κ3) is 3.03. The first-order valence-corrected chi connectivity index (χ1v) is 8.29. The smallest absolute Gasteiger partial charge is 0.333 e. The zero-order valence-corrected chi connectivity index (χ0v) is 14.4. The fourth-order valence-electron chi connectivity index (χ4n) is 3.33. The predicted molar refractivity (Wildman–Crippen MR) is 96.5 cm³/mol. The molecule has 0 radical (unpaired) electrons. The van der Waals surface area contributed by atoms with E-state index in [4.69, 9.17) is 9.15 Å². The molecular formula is C20H15NO6. The van der Waals surface area contributed by atoms with Crippen LogP contribution in [0.5, 0.6) is 5.95 Å². The average molecular weight is 365 g/mol. The van der Waals surface area contributed by atoms with Crippen LogP contribution in [0, 0.1) is 10.1 Å². The Morgan fingerprint density at radius 3 is 2.85 bits per heavy atom. The zero-order valence-electron chi connectivity index (χ0n) is 14.4. The number of benzene rings is 2. The predicted octanol–water partition coefficient (Wildman–Crippen LogP) is 4.31. The summed E-state index contributed by atoms with van der Waals surface area (Å²) in [7, 11) is 1.28. The number of carbonyl (C=O) groups excluding carboxylic acids is 1. The highest BCUT2D eigenvalue weighted by atomic mass is 16.6. The van der Waals surface area contributed by atoms with E-state index in [2.05, 4.69) is 4.74 Å². The number of fused-ring (bicyclic) bond motifs is 3. The second kappa shape index (κ2) is 6.60. The van der Waals surface area contributed by atoms with Gasteiger partial charge in [-0.1, -0.05) is 30.3 Å². The van der Waals surface area contributed by atoms with E-state index >= 15 is 0 Å². The van der Waals surface area contributed by atoms with Gasteiger partial charge in [0.05, 0.1) is 23.7 Å². The molecular weight excluding hydrogens is 350 g/mol. The molecule has 7 nitrogen and oxygen atoms in total. The Morgan fingerprint density at radius 1 is 1.26 bits per heavy atom. The number of allylic oxidation sites excluding steroid dienone is 1. The van der Waals surface area contributed by atoms with Crippen LogP contribution < -0.4 is 4.74 Å². The van der Waals surface area contributed by atoms with Crippen molar-refractivity contribution in [1.29, 1.82) is 0 Å². The number of methoxy groups -OCH3 is 1. The van der Waals surface area contributed by atoms with E-state index in [1.54, 1.807) is 6.07 Å². The van der Waals surface area contributed by atoms with Crippen molar-refractivity contribution < 1.29 is 23.6 Å². The van der Waals surface area contributed by atoms with E-state index in [0.29, 0.717) is 17.8 Å². The zero-order chi connectivity index (χ0) is 19.0. The second-order valence-corrected chi connectivity index (χ2v) is 6.14. The molecule has 0 saturated carbocycles. The van der Waals surface area contributed by atoms with Gasteiger partial charge in [-0.25, -0.2) is 4.79 Å². The molecule has 0 N–H and O–H groups in total. The standard InChI is InChI=1S/C20H15NO6/c1-25-18(22)11-14-10-16(12-5-4-6-13(9-12)21(23)24)19-15-7-2-3-8-17(15)27-20(19)26-14/h2-9,11,16H,10H2,1H3/b14-11+/t16-/m0/s1. The number of nitrogens with zero attached hydrogens (tertiary/aromatic N) is 1. The minimum atomic E-state index is -0.539. The Kier molecular flexibility index (Phi) is 4.12. The summed E-state index contributed by atoms with van der Waals surface area (Å²) < 4.78 is 16.3. The number of hydrogen-bond donors (Lipinski definition) is 0. The van der Waals surface area contributed by atoms with E-state index < -0.39 is 10.9 Å². The number of furan rings is 1. The molecule has 0 spiro atoms. The lowest BCUT2D eigenvalue weighted by Crippen LogP contribution is -2.14. The Morgan fingerprint density at radius 2 is 2.07 bits per heavy atom. The molecule has 1 aliphatic heterocycles. The maximum atomic E-state index is 11.7. The number of non-ortho nitro benzene ring substituents is 1. The molecule has 0 amide bonds. The number of ether oxygens (including phenoxy) is 2. The van der Waals surface area contributed by atoms with Crippen molar-refractivity contribution in [3.63, 3.8) is 0 Å². The summed E-state index contributed by atoms with van der Waals surface area (Å²) in [5.74, 6) is -0.130. The lowest BCUT2D eigenvalue weighted by molar-refractivity contribution is -0.384. The molecule has 0 fully saturated rings. The molecule has 7 heteroatoms. The summed E-state index contributed by atoms with van der Waals surface area (Å²) in [5, 5.41) is 12.1. The third-order valence-electron chi connectivity index (χ3n) is 4.54. The van der Waals surface area contributed by atoms with Crippen LogP contribution in [0.25, 0.3) is 11.0 Å². The lowest BCUT2D eigenvalue weighted by atomic mass is 9.85. The quantitative estimate of drug-likeness (QED) is 0.297. The molecule has 2 heterocycles. The molecule has 0 unspecified atom stereocenters. The molecule has 27 heavy (non-hydrogen) atoms. The number of carbonyl (C=O) groups is 1. The third-order valence-corrected chi connectivity index (χ3v) is 4.54. The Labute approximate surface area is 154 Å². The highest BCUT2D eigenvalue weighted by molar-refractivity contribution is 5.86. The Bertz CT molecular complexity index is 1080. The number of para-hydroxylation sites is 1. The highest BCUT2D eigenvalue weighted by Gasteiger charge is 2.33. The summed E-state index contributed by atoms with van der Waals surface area (Å²) in [6, 6.07) is 13.9. The molecule has 0 saturated heterocycles. The number of rotatable bonds is 3. The van der Waals surface area contributed by atoms with Crippen molar-refractivity contribution in [2.24, 2.45) is 0 Å². The Balaban J connectivity index is 1.89. The van der Waals surface area contributed by atoms with Gasteiger partial charge in [0.15, 0.2) is 0 Å². The molecule has 1 aliphatic rings. The monoisotopic (exact) mass is 365 g/mol. The molecule has 136 valence electrons. The highest BCUT2D eigenvalue weighted by Crippen LogP contribution is 2.47. The van der Waals surface area contributed by atoms with Crippen molar-refractivity contribution in [1.82, 2.24) is 0 Å². The topological polar surface area (TPSA) is 91.8 Å². The number of nitro groups is 1. The van der Waals surface area contributed by atoms with Gasteiger partial charge in [0.2, 0.25) is 0 Å². The van der Waals surface area contributed by atoms with Crippen LogP contribution in [-0.2, 0) is 9.53 Å². The van der Waals surface area contributed by atoms with E-state index in [-0.39, 0.29) is 17.6 Å². The number of nitro benzene ring substituents is 1. The molecule has 2 aromatic carbocycles. The summed E-state index contributed by atoms with van der Waals surface area (Å²) in [6.45, 7) is 0. The van der Waals surface area contributed by atoms with Gasteiger partial charge in [0, 0.05) is 29.9 Å². The van der Waals surface area contributed by atoms with Crippen LogP contribution in [-0.4, -0.2) is 18.0 Å². The van der Waals surface area contributed by atoms with Gasteiger partial charge in [-0.05, 0) is 11.6 Å². The molecule has 1 aromatic heterocycles. The van der Waals surface area contributed by atoms with Crippen LogP contribution in [0.4, 0.5) is 5.69 Å². The normalized spacial score (nSPS) is 17.4. The largest absolute Gasteiger partial charge is 0.466 e. The lowest BCUT2D eigenvalue weighted by Gasteiger charge is -2.24. The first-order valence-electron chi connectivity index (χ1n) is 8.29. The second-order valence-electron chi connectivity index (χ2n) is 6.14. The van der Waals surface area contributed by atoms with E-state index in [9.17, 15) is 14.9 Å². The molecule has 0 bridgehead atoms. The summed E-state index contributed by atoms with van der Waals surface area (Å²) >= 11 is 0. The summed E-state index contributed by atoms with van der Waals surface area (Å²) in [4.78, 5) is 22.4. The van der Waals surface area contributed by atoms with Crippen molar-refractivity contribution in [2.75, 3.05) is 7.11 Å². The van der Waals surface area contributed by atoms with Crippen LogP contribution in [0.1, 0.15) is 23.5 Å². The maximum Gasteiger partial charge on any atom is 0.333 e. The summed E-state index contributed by atoms with van der Waals surface area (Å²) in [6.07, 6.45) is 1.62. The number of esters is 1. The van der Waals surface area contributed by atoms with Gasteiger partial charge in [-0.3, -0.25) is 10.1 Å². The van der Waals surface area contributed by atoms with Gasteiger partial charge in [0.1, 0.15) is 11.3 Å². The minimum Gasteiger partial charge on any atom is -0.466 e. The molecule has 4 rings (SSSR count). The minimum absolute atomic E-state index is 0.00633. The fourth-order valence-corrected chi connectivity index (χ4v) is 3.33. The van der Waals surface area contributed by atoms with Gasteiger partial charge in [-0.2, -0.15) is 0 Å². The molecule has 0 aliphatic carbocycles. The van der Waals surface area contributed by atoms with E-state index in [1.807, 2.05) is 30.3 Å².